The largest absolute Gasteiger partial charge is 0.478 e. The Kier molecular flexibility index (Phi) is 5.76. The fourth-order valence-electron chi connectivity index (χ4n) is 2.53. The maximum Gasteiger partial charge on any atom is 0.335 e. The van der Waals surface area contributed by atoms with Gasteiger partial charge in [0.1, 0.15) is 0 Å². The van der Waals surface area contributed by atoms with Crippen LogP contribution in [0.5, 0.6) is 0 Å². The molecular weight excluding hydrogens is 272 g/mol. The Balaban J connectivity index is 1.97. The van der Waals surface area contributed by atoms with Gasteiger partial charge in [0.25, 0.3) is 0 Å². The van der Waals surface area contributed by atoms with E-state index < -0.39 is 5.97 Å². The van der Waals surface area contributed by atoms with Gasteiger partial charge in [-0.05, 0) is 47.6 Å². The van der Waals surface area contributed by atoms with E-state index in [2.05, 4.69) is 38.1 Å². The van der Waals surface area contributed by atoms with Crippen molar-refractivity contribution in [2.75, 3.05) is 0 Å². The van der Waals surface area contributed by atoms with Gasteiger partial charge in [-0.25, -0.2) is 4.79 Å². The van der Waals surface area contributed by atoms with Crippen LogP contribution < -0.4 is 0 Å². The van der Waals surface area contributed by atoms with Gasteiger partial charge in [0.2, 0.25) is 0 Å². The van der Waals surface area contributed by atoms with E-state index in [1.165, 1.54) is 24.8 Å². The quantitative estimate of drug-likeness (QED) is 0.740. The van der Waals surface area contributed by atoms with Crippen molar-refractivity contribution in [2.45, 2.75) is 39.5 Å². The molecule has 0 aliphatic rings. The third kappa shape index (κ3) is 4.45. The monoisotopic (exact) mass is 296 g/mol. The summed E-state index contributed by atoms with van der Waals surface area (Å²) in [6, 6.07) is 15.6. The van der Waals surface area contributed by atoms with Gasteiger partial charge >= 0.3 is 5.97 Å². The second kappa shape index (κ2) is 7.79. The van der Waals surface area contributed by atoms with Crippen LogP contribution in [0, 0.1) is 5.92 Å². The molecule has 0 fully saturated rings. The number of aromatic carboxylic acids is 1. The maximum absolute atomic E-state index is 10.9. The molecule has 0 radical (unpaired) electrons. The molecule has 116 valence electrons. The maximum atomic E-state index is 10.9. The number of carboxylic acids is 1. The van der Waals surface area contributed by atoms with E-state index in [9.17, 15) is 4.79 Å². The molecular formula is C20H24O2. The van der Waals surface area contributed by atoms with Gasteiger partial charge in [-0.2, -0.15) is 0 Å². The van der Waals surface area contributed by atoms with Crippen LogP contribution in [0.2, 0.25) is 0 Å². The minimum atomic E-state index is -0.886. The van der Waals surface area contributed by atoms with Gasteiger partial charge in [0, 0.05) is 0 Å². The van der Waals surface area contributed by atoms with Crippen LogP contribution in [0.25, 0.3) is 11.1 Å². The second-order valence-corrected chi connectivity index (χ2v) is 5.99. The lowest BCUT2D eigenvalue weighted by Crippen LogP contribution is -1.95. The number of carbonyl (C=O) groups is 1. The lowest BCUT2D eigenvalue weighted by Gasteiger charge is -2.08. The minimum absolute atomic E-state index is 0.324. The van der Waals surface area contributed by atoms with Crippen molar-refractivity contribution in [1.82, 2.24) is 0 Å². The number of rotatable bonds is 7. The highest BCUT2D eigenvalue weighted by atomic mass is 16.4. The predicted octanol–water partition coefficient (Wildman–Crippen LogP) is 5.42. The highest BCUT2D eigenvalue weighted by Crippen LogP contribution is 2.21. The standard InChI is InChI=1S/C20H24O2/c1-3-15(2)5-4-6-16-7-9-17(10-8-16)18-11-13-19(14-12-18)20(21)22/h7-15H,3-6H2,1-2H3,(H,21,22). The first kappa shape index (κ1) is 16.3. The second-order valence-electron chi connectivity index (χ2n) is 5.99. The molecule has 2 nitrogen and oxygen atoms in total. The van der Waals surface area contributed by atoms with Gasteiger partial charge in [0.05, 0.1) is 5.56 Å². The Labute approximate surface area is 132 Å². The topological polar surface area (TPSA) is 37.3 Å². The summed E-state index contributed by atoms with van der Waals surface area (Å²) in [5.74, 6) is -0.0739. The third-order valence-corrected chi connectivity index (χ3v) is 4.28. The van der Waals surface area contributed by atoms with E-state index in [1.54, 1.807) is 12.1 Å². The van der Waals surface area contributed by atoms with E-state index in [0.717, 1.165) is 23.5 Å². The summed E-state index contributed by atoms with van der Waals surface area (Å²) < 4.78 is 0. The molecule has 1 atom stereocenters. The molecule has 0 aliphatic carbocycles. The molecule has 0 aromatic heterocycles. The summed E-state index contributed by atoms with van der Waals surface area (Å²) in [5.41, 5.74) is 3.87. The predicted molar refractivity (Wildman–Crippen MR) is 91.2 cm³/mol. The Morgan fingerprint density at radius 3 is 2.05 bits per heavy atom. The number of benzene rings is 2. The van der Waals surface area contributed by atoms with Crippen molar-refractivity contribution < 1.29 is 9.90 Å². The number of hydrogen-bond donors (Lipinski definition) is 1. The first-order valence-corrected chi connectivity index (χ1v) is 8.02. The van der Waals surface area contributed by atoms with E-state index in [0.29, 0.717) is 5.56 Å². The number of carboxylic acid groups (broad SMARTS) is 1. The van der Waals surface area contributed by atoms with E-state index in [4.69, 9.17) is 5.11 Å². The summed E-state index contributed by atoms with van der Waals surface area (Å²) in [6.07, 6.45) is 4.91. The smallest absolute Gasteiger partial charge is 0.335 e. The zero-order chi connectivity index (χ0) is 15.9. The molecule has 0 aliphatic heterocycles. The van der Waals surface area contributed by atoms with E-state index >= 15 is 0 Å². The molecule has 0 saturated heterocycles. The summed E-state index contributed by atoms with van der Waals surface area (Å²) in [7, 11) is 0. The van der Waals surface area contributed by atoms with Crippen LogP contribution >= 0.6 is 0 Å². The Bertz CT molecular complexity index is 597. The van der Waals surface area contributed by atoms with Gasteiger partial charge in [-0.1, -0.05) is 63.1 Å². The SMILES string of the molecule is CCC(C)CCCc1ccc(-c2ccc(C(=O)O)cc2)cc1. The fourth-order valence-corrected chi connectivity index (χ4v) is 2.53. The third-order valence-electron chi connectivity index (χ3n) is 4.28. The molecule has 0 bridgehead atoms. The van der Waals surface area contributed by atoms with Gasteiger partial charge in [-0.3, -0.25) is 0 Å². The Hall–Kier alpha value is -2.09. The molecule has 0 heterocycles. The molecule has 2 aromatic rings. The Morgan fingerprint density at radius 2 is 1.55 bits per heavy atom. The van der Waals surface area contributed by atoms with Crippen molar-refractivity contribution in [2.24, 2.45) is 5.92 Å². The normalized spacial score (nSPS) is 12.1. The number of aryl methyl sites for hydroxylation is 1. The van der Waals surface area contributed by atoms with E-state index in [-0.39, 0.29) is 0 Å². The van der Waals surface area contributed by atoms with Crippen LogP contribution in [-0.2, 0) is 6.42 Å². The zero-order valence-electron chi connectivity index (χ0n) is 13.4. The summed E-state index contributed by atoms with van der Waals surface area (Å²) >= 11 is 0. The van der Waals surface area contributed by atoms with Gasteiger partial charge in [-0.15, -0.1) is 0 Å². The van der Waals surface area contributed by atoms with Crippen LogP contribution in [0.1, 0.15) is 49.0 Å². The van der Waals surface area contributed by atoms with Crippen molar-refractivity contribution in [1.29, 1.82) is 0 Å². The molecule has 1 unspecified atom stereocenters. The number of hydrogen-bond acceptors (Lipinski definition) is 1. The van der Waals surface area contributed by atoms with Crippen molar-refractivity contribution in [3.05, 3.63) is 59.7 Å². The van der Waals surface area contributed by atoms with Crippen LogP contribution in [0.4, 0.5) is 0 Å². The van der Waals surface area contributed by atoms with Crippen molar-refractivity contribution in [3.8, 4) is 11.1 Å². The first-order chi connectivity index (χ1) is 10.6. The minimum Gasteiger partial charge on any atom is -0.478 e. The molecule has 0 saturated carbocycles. The fraction of sp³-hybridized carbons (Fsp3) is 0.350. The van der Waals surface area contributed by atoms with Crippen molar-refractivity contribution >= 4 is 5.97 Å². The lowest BCUT2D eigenvalue weighted by molar-refractivity contribution is 0.0697. The summed E-state index contributed by atoms with van der Waals surface area (Å²) in [6.45, 7) is 4.55. The zero-order valence-corrected chi connectivity index (χ0v) is 13.4. The van der Waals surface area contributed by atoms with Gasteiger partial charge < -0.3 is 5.11 Å². The molecule has 1 N–H and O–H groups in total. The molecule has 2 aromatic carbocycles. The first-order valence-electron chi connectivity index (χ1n) is 8.02. The molecule has 22 heavy (non-hydrogen) atoms. The average molecular weight is 296 g/mol. The average Bonchev–Trinajstić information content (AvgIpc) is 2.55. The van der Waals surface area contributed by atoms with E-state index in [1.807, 2.05) is 12.1 Å². The molecule has 0 amide bonds. The Morgan fingerprint density at radius 1 is 1.00 bits per heavy atom. The molecule has 0 spiro atoms. The summed E-state index contributed by atoms with van der Waals surface area (Å²) in [4.78, 5) is 10.9. The molecule has 2 rings (SSSR count). The summed E-state index contributed by atoms with van der Waals surface area (Å²) in [5, 5.41) is 8.92. The van der Waals surface area contributed by atoms with Gasteiger partial charge in [0.15, 0.2) is 0 Å². The van der Waals surface area contributed by atoms with Crippen LogP contribution in [0.15, 0.2) is 48.5 Å². The molecule has 2 heteroatoms. The lowest BCUT2D eigenvalue weighted by atomic mass is 9.97. The van der Waals surface area contributed by atoms with Crippen LogP contribution in [-0.4, -0.2) is 11.1 Å². The highest BCUT2D eigenvalue weighted by Gasteiger charge is 2.04. The van der Waals surface area contributed by atoms with Crippen molar-refractivity contribution in [3.63, 3.8) is 0 Å². The van der Waals surface area contributed by atoms with Crippen LogP contribution in [0.3, 0.4) is 0 Å². The highest BCUT2D eigenvalue weighted by molar-refractivity contribution is 5.88.